The molecule has 2 heterocycles. The van der Waals surface area contributed by atoms with Gasteiger partial charge in [-0.2, -0.15) is 0 Å². The summed E-state index contributed by atoms with van der Waals surface area (Å²) in [5.74, 6) is -0.585. The van der Waals surface area contributed by atoms with Gasteiger partial charge in [-0.05, 0) is 54.1 Å². The predicted octanol–water partition coefficient (Wildman–Crippen LogP) is 4.97. The van der Waals surface area contributed by atoms with E-state index in [1.54, 1.807) is 73.2 Å². The van der Waals surface area contributed by atoms with Crippen molar-refractivity contribution < 1.29 is 18.7 Å². The summed E-state index contributed by atoms with van der Waals surface area (Å²) in [5.41, 5.74) is 2.76. The molecule has 0 aliphatic rings. The Bertz CT molecular complexity index is 1290. The van der Waals surface area contributed by atoms with E-state index in [0.29, 0.717) is 33.8 Å². The molecule has 7 heteroatoms. The molecule has 0 radical (unpaired) electrons. The van der Waals surface area contributed by atoms with E-state index >= 15 is 0 Å². The Morgan fingerprint density at radius 1 is 1.00 bits per heavy atom. The van der Waals surface area contributed by atoms with Gasteiger partial charge in [-0.1, -0.05) is 18.2 Å². The molecule has 0 saturated heterocycles. The average Bonchev–Trinajstić information content (AvgIpc) is 2.85. The topological polar surface area (TPSA) is 81.2 Å². The van der Waals surface area contributed by atoms with Crippen molar-refractivity contribution in [2.24, 2.45) is 0 Å². The molecule has 0 saturated carbocycles. The first-order valence-corrected chi connectivity index (χ1v) is 10.2. The van der Waals surface area contributed by atoms with Gasteiger partial charge in [-0.3, -0.25) is 19.6 Å². The Kier molecular flexibility index (Phi) is 6.50. The number of hydrogen-bond donors (Lipinski definition) is 1. The number of carbonyl (C=O) groups is 2. The Morgan fingerprint density at radius 2 is 1.79 bits per heavy atom. The summed E-state index contributed by atoms with van der Waals surface area (Å²) < 4.78 is 19.3. The Morgan fingerprint density at radius 3 is 2.48 bits per heavy atom. The number of nitrogens with one attached hydrogen (secondary N) is 1. The van der Waals surface area contributed by atoms with E-state index in [-0.39, 0.29) is 23.6 Å². The maximum atomic E-state index is 14.0. The summed E-state index contributed by atoms with van der Waals surface area (Å²) in [6, 6.07) is 17.9. The van der Waals surface area contributed by atoms with Gasteiger partial charge in [0.2, 0.25) is 0 Å². The zero-order valence-corrected chi connectivity index (χ0v) is 17.8. The van der Waals surface area contributed by atoms with Crippen LogP contribution in [0.5, 0.6) is 5.75 Å². The van der Waals surface area contributed by atoms with Crippen LogP contribution in [0.1, 0.15) is 26.3 Å². The lowest BCUT2D eigenvalue weighted by molar-refractivity contribution is 0.0993. The molecular formula is C26H20FN3O3. The van der Waals surface area contributed by atoms with Crippen molar-refractivity contribution in [3.05, 3.63) is 108 Å². The molecule has 4 aromatic rings. The molecule has 0 unspecified atom stereocenters. The fraction of sp³-hybridized carbons (Fsp3) is 0.0769. The van der Waals surface area contributed by atoms with Crippen molar-refractivity contribution in [2.45, 2.75) is 6.42 Å². The molecule has 0 bridgehead atoms. The highest BCUT2D eigenvalue weighted by atomic mass is 19.1. The van der Waals surface area contributed by atoms with Crippen LogP contribution >= 0.6 is 0 Å². The van der Waals surface area contributed by atoms with Gasteiger partial charge in [-0.15, -0.1) is 0 Å². The third kappa shape index (κ3) is 5.10. The van der Waals surface area contributed by atoms with Gasteiger partial charge in [0.1, 0.15) is 11.6 Å². The van der Waals surface area contributed by atoms with Crippen LogP contribution in [-0.4, -0.2) is 28.8 Å². The second kappa shape index (κ2) is 9.82. The molecule has 0 aliphatic heterocycles. The number of aromatic nitrogens is 2. The SMILES string of the molecule is COc1ccc(C(=O)Cc2ccc(-c3ccccc3F)nc2)cc1C(=O)Nc1ccncc1. The molecule has 0 spiro atoms. The number of anilines is 1. The van der Waals surface area contributed by atoms with Gasteiger partial charge in [0.25, 0.3) is 5.91 Å². The second-order valence-corrected chi connectivity index (χ2v) is 7.24. The monoisotopic (exact) mass is 441 g/mol. The standard InChI is InChI=1S/C26H20FN3O3/c1-33-25-9-7-18(15-21(25)26(32)30-19-10-12-28-13-11-19)24(31)14-17-6-8-23(29-16-17)20-4-2-3-5-22(20)27/h2-13,15-16H,14H2,1H3,(H,28,30,32). The normalized spacial score (nSPS) is 10.5. The number of ether oxygens (including phenoxy) is 1. The Labute approximate surface area is 190 Å². The number of Topliss-reactive ketones (excluding diaryl/α,β-unsaturated/α-hetero) is 1. The molecular weight excluding hydrogens is 421 g/mol. The fourth-order valence-electron chi connectivity index (χ4n) is 3.34. The van der Waals surface area contributed by atoms with E-state index in [9.17, 15) is 14.0 Å². The van der Waals surface area contributed by atoms with Crippen molar-refractivity contribution in [1.82, 2.24) is 9.97 Å². The quantitative estimate of drug-likeness (QED) is 0.410. The number of hydrogen-bond acceptors (Lipinski definition) is 5. The molecule has 0 fully saturated rings. The number of benzene rings is 2. The highest BCUT2D eigenvalue weighted by Gasteiger charge is 2.17. The van der Waals surface area contributed by atoms with E-state index in [4.69, 9.17) is 4.74 Å². The summed E-state index contributed by atoms with van der Waals surface area (Å²) in [6.07, 6.45) is 4.78. The van der Waals surface area contributed by atoms with Crippen LogP contribution in [0, 0.1) is 5.82 Å². The van der Waals surface area contributed by atoms with Gasteiger partial charge in [0.05, 0.1) is 18.4 Å². The zero-order valence-electron chi connectivity index (χ0n) is 17.8. The number of ketones is 1. The van der Waals surface area contributed by atoms with Crippen molar-refractivity contribution in [3.63, 3.8) is 0 Å². The molecule has 6 nitrogen and oxygen atoms in total. The summed E-state index contributed by atoms with van der Waals surface area (Å²) in [6.45, 7) is 0. The number of methoxy groups -OCH3 is 1. The Balaban J connectivity index is 1.52. The summed E-state index contributed by atoms with van der Waals surface area (Å²) in [4.78, 5) is 33.9. The highest BCUT2D eigenvalue weighted by molar-refractivity contribution is 6.08. The van der Waals surface area contributed by atoms with Gasteiger partial charge in [0, 0.05) is 41.8 Å². The molecule has 1 amide bonds. The van der Waals surface area contributed by atoms with Crippen LogP contribution in [0.2, 0.25) is 0 Å². The first kappa shape index (κ1) is 21.8. The third-order valence-electron chi connectivity index (χ3n) is 5.04. The van der Waals surface area contributed by atoms with Gasteiger partial charge in [-0.25, -0.2) is 4.39 Å². The molecule has 33 heavy (non-hydrogen) atoms. The Hall–Kier alpha value is -4.39. The maximum Gasteiger partial charge on any atom is 0.259 e. The van der Waals surface area contributed by atoms with Crippen LogP contribution in [0.25, 0.3) is 11.3 Å². The van der Waals surface area contributed by atoms with E-state index in [1.165, 1.54) is 19.2 Å². The summed E-state index contributed by atoms with van der Waals surface area (Å²) in [7, 11) is 1.46. The van der Waals surface area contributed by atoms with Crippen LogP contribution in [0.4, 0.5) is 10.1 Å². The number of halogens is 1. The number of carbonyl (C=O) groups excluding carboxylic acids is 2. The smallest absolute Gasteiger partial charge is 0.259 e. The number of amides is 1. The molecule has 2 aromatic heterocycles. The van der Waals surface area contributed by atoms with E-state index in [0.717, 1.165) is 0 Å². The molecule has 164 valence electrons. The molecule has 0 aliphatic carbocycles. The van der Waals surface area contributed by atoms with E-state index < -0.39 is 5.91 Å². The molecule has 2 aromatic carbocycles. The minimum Gasteiger partial charge on any atom is -0.496 e. The summed E-state index contributed by atoms with van der Waals surface area (Å²) in [5, 5.41) is 2.76. The van der Waals surface area contributed by atoms with Crippen molar-refractivity contribution >= 4 is 17.4 Å². The predicted molar refractivity (Wildman–Crippen MR) is 123 cm³/mol. The highest BCUT2D eigenvalue weighted by Crippen LogP contribution is 2.23. The number of nitrogens with zero attached hydrogens (tertiary/aromatic N) is 2. The van der Waals surface area contributed by atoms with Crippen LogP contribution < -0.4 is 10.1 Å². The van der Waals surface area contributed by atoms with Gasteiger partial charge < -0.3 is 10.1 Å². The maximum absolute atomic E-state index is 14.0. The first-order chi connectivity index (χ1) is 16.0. The fourth-order valence-corrected chi connectivity index (χ4v) is 3.34. The molecule has 0 atom stereocenters. The lowest BCUT2D eigenvalue weighted by Gasteiger charge is -2.11. The lowest BCUT2D eigenvalue weighted by atomic mass is 10.0. The third-order valence-corrected chi connectivity index (χ3v) is 5.04. The molecule has 1 N–H and O–H groups in total. The zero-order chi connectivity index (χ0) is 23.2. The van der Waals surface area contributed by atoms with Crippen LogP contribution in [0.15, 0.2) is 85.3 Å². The molecule has 4 rings (SSSR count). The second-order valence-electron chi connectivity index (χ2n) is 7.24. The van der Waals surface area contributed by atoms with Crippen LogP contribution in [-0.2, 0) is 6.42 Å². The first-order valence-electron chi connectivity index (χ1n) is 10.2. The van der Waals surface area contributed by atoms with Gasteiger partial charge in [0.15, 0.2) is 5.78 Å². The van der Waals surface area contributed by atoms with Crippen molar-refractivity contribution in [3.8, 4) is 17.0 Å². The minimum absolute atomic E-state index is 0.0856. The van der Waals surface area contributed by atoms with Crippen molar-refractivity contribution in [2.75, 3.05) is 12.4 Å². The van der Waals surface area contributed by atoms with Crippen LogP contribution in [0.3, 0.4) is 0 Å². The largest absolute Gasteiger partial charge is 0.496 e. The van der Waals surface area contributed by atoms with Gasteiger partial charge >= 0.3 is 0 Å². The van der Waals surface area contributed by atoms with E-state index in [2.05, 4.69) is 15.3 Å². The lowest BCUT2D eigenvalue weighted by Crippen LogP contribution is -2.15. The minimum atomic E-state index is -0.399. The average molecular weight is 441 g/mol. The number of pyridine rings is 2. The van der Waals surface area contributed by atoms with Crippen molar-refractivity contribution in [1.29, 1.82) is 0 Å². The van der Waals surface area contributed by atoms with E-state index in [1.807, 2.05) is 0 Å². The summed E-state index contributed by atoms with van der Waals surface area (Å²) >= 11 is 0. The number of rotatable bonds is 7.